The van der Waals surface area contributed by atoms with Crippen molar-refractivity contribution >= 4 is 39.7 Å². The average Bonchev–Trinajstić information content (AvgIpc) is 2.69. The van der Waals surface area contributed by atoms with E-state index in [4.69, 9.17) is 0 Å². The zero-order chi connectivity index (χ0) is 18.9. The van der Waals surface area contributed by atoms with Crippen molar-refractivity contribution in [3.63, 3.8) is 0 Å². The number of benzene rings is 2. The van der Waals surface area contributed by atoms with Gasteiger partial charge in [-0.25, -0.2) is 0 Å². The van der Waals surface area contributed by atoms with Gasteiger partial charge in [0.05, 0.1) is 0 Å². The normalized spacial score (nSPS) is 10.5. The van der Waals surface area contributed by atoms with Crippen LogP contribution in [0.2, 0.25) is 13.3 Å². The van der Waals surface area contributed by atoms with Crippen LogP contribution in [0.3, 0.4) is 0 Å². The van der Waals surface area contributed by atoms with Gasteiger partial charge in [0.1, 0.15) is 9.52 Å². The Balaban J connectivity index is 0.000000260. The molecule has 0 nitrogen and oxygen atoms in total. The number of hydrogen-bond donors (Lipinski definition) is 0. The molecule has 2 radical (unpaired) electrons. The average molecular weight is 473 g/mol. The molecule has 0 aliphatic heterocycles. The first-order valence-corrected chi connectivity index (χ1v) is 17.8. The van der Waals surface area contributed by atoms with Crippen LogP contribution in [0, 0.1) is 0 Å². The summed E-state index contributed by atoms with van der Waals surface area (Å²) in [6.45, 7) is 7.00. The fraction of sp³-hybridized carbons (Fsp3) is 0.500. The van der Waals surface area contributed by atoms with Gasteiger partial charge in [0.2, 0.25) is 0 Å². The molecule has 0 saturated heterocycles. The summed E-state index contributed by atoms with van der Waals surface area (Å²) in [4.78, 5) is 0. The largest absolute Gasteiger partial charge is 0.103 e. The summed E-state index contributed by atoms with van der Waals surface area (Å²) in [7, 11) is 0.271. The van der Waals surface area contributed by atoms with Gasteiger partial charge in [-0.15, -0.1) is 0 Å². The fourth-order valence-corrected chi connectivity index (χ4v) is 13.6. The molecule has 0 saturated carbocycles. The Morgan fingerprint density at radius 1 is 0.577 bits per heavy atom. The van der Waals surface area contributed by atoms with E-state index in [1.807, 2.05) is 0 Å². The molecule has 2 aromatic carbocycles. The summed E-state index contributed by atoms with van der Waals surface area (Å²) in [5, 5.41) is 2.90. The Kier molecular flexibility index (Phi) is 15.0. The number of hydrogen-bond acceptors (Lipinski definition) is 0. The molecule has 0 spiro atoms. The van der Waals surface area contributed by atoms with Crippen LogP contribution in [-0.4, -0.2) is 29.3 Å². The SMILES string of the molecule is CCC[CH2][Sn]([CH2]CCC)[CH2]CCC.c1ccc([SiH]c2ccccc2)cc1. The van der Waals surface area contributed by atoms with Gasteiger partial charge in [0.15, 0.2) is 0 Å². The van der Waals surface area contributed by atoms with E-state index >= 15 is 0 Å². The van der Waals surface area contributed by atoms with Crippen LogP contribution in [0.1, 0.15) is 59.3 Å². The molecular formula is C24H38SiSn. The third-order valence-corrected chi connectivity index (χ3v) is 15.1. The Morgan fingerprint density at radius 2 is 0.923 bits per heavy atom. The van der Waals surface area contributed by atoms with E-state index in [1.54, 1.807) is 13.3 Å². The molecule has 0 unspecified atom stereocenters. The van der Waals surface area contributed by atoms with E-state index in [-0.39, 0.29) is 9.52 Å². The summed E-state index contributed by atoms with van der Waals surface area (Å²) in [6, 6.07) is 21.3. The van der Waals surface area contributed by atoms with E-state index < -0.39 is 19.8 Å². The standard InChI is InChI=1S/C12H11Si.3C4H9.Sn/c1-3-7-11(8-4-1)13-12-9-5-2-6-10-12;3*1-3-4-2;/h1-10,13H;3*1,3-4H2,2H3;. The smallest absolute Gasteiger partial charge is 0.0632 e. The third-order valence-electron chi connectivity index (χ3n) is 4.58. The topological polar surface area (TPSA) is 0 Å². The van der Waals surface area contributed by atoms with Crippen LogP contribution in [0.25, 0.3) is 0 Å². The van der Waals surface area contributed by atoms with Crippen molar-refractivity contribution in [1.29, 1.82) is 0 Å². The fourth-order valence-electron chi connectivity index (χ4n) is 2.95. The summed E-state index contributed by atoms with van der Waals surface area (Å²) >= 11 is -0.839. The Morgan fingerprint density at radius 3 is 1.23 bits per heavy atom. The quantitative estimate of drug-likeness (QED) is 0.354. The second kappa shape index (κ2) is 16.6. The predicted octanol–water partition coefficient (Wildman–Crippen LogP) is 5.96. The van der Waals surface area contributed by atoms with E-state index in [9.17, 15) is 0 Å². The van der Waals surface area contributed by atoms with Gasteiger partial charge in [0, 0.05) is 0 Å². The van der Waals surface area contributed by atoms with Crippen LogP contribution in [-0.2, 0) is 0 Å². The van der Waals surface area contributed by atoms with Gasteiger partial charge < -0.3 is 0 Å². The minimum Gasteiger partial charge on any atom is -0.0632 e. The molecule has 0 amide bonds. The maximum absolute atomic E-state index is 2.33. The molecule has 2 heteroatoms. The van der Waals surface area contributed by atoms with Gasteiger partial charge in [-0.3, -0.25) is 0 Å². The molecule has 0 fully saturated rings. The van der Waals surface area contributed by atoms with Crippen molar-refractivity contribution in [3.8, 4) is 0 Å². The summed E-state index contributed by atoms with van der Waals surface area (Å²) in [5.74, 6) is 0. The van der Waals surface area contributed by atoms with Crippen molar-refractivity contribution in [1.82, 2.24) is 0 Å². The zero-order valence-electron chi connectivity index (χ0n) is 17.2. The molecule has 2 aromatic rings. The van der Waals surface area contributed by atoms with E-state index in [0.717, 1.165) is 0 Å². The molecule has 0 aliphatic carbocycles. The molecule has 2 rings (SSSR count). The molecule has 0 aliphatic rings. The van der Waals surface area contributed by atoms with E-state index in [1.165, 1.54) is 48.9 Å². The second-order valence-corrected chi connectivity index (χ2v) is 17.2. The summed E-state index contributed by atoms with van der Waals surface area (Å²) in [5.41, 5.74) is 0. The molecule has 0 bridgehead atoms. The maximum Gasteiger partial charge on any atom is 0.103 e. The van der Waals surface area contributed by atoms with Crippen LogP contribution >= 0.6 is 0 Å². The molecule has 0 N–H and O–H groups in total. The van der Waals surface area contributed by atoms with Crippen molar-refractivity contribution in [2.45, 2.75) is 72.6 Å². The molecule has 0 heterocycles. The molecule has 0 aromatic heterocycles. The van der Waals surface area contributed by atoms with Gasteiger partial charge in [-0.1, -0.05) is 71.0 Å². The summed E-state index contributed by atoms with van der Waals surface area (Å²) < 4.78 is 5.04. The third kappa shape index (κ3) is 12.0. The van der Waals surface area contributed by atoms with Crippen LogP contribution in [0.5, 0.6) is 0 Å². The first-order valence-electron chi connectivity index (χ1n) is 10.6. The minimum absolute atomic E-state index is 0.271. The van der Waals surface area contributed by atoms with Gasteiger partial charge in [0.25, 0.3) is 0 Å². The van der Waals surface area contributed by atoms with Crippen molar-refractivity contribution < 1.29 is 0 Å². The Labute approximate surface area is 172 Å². The van der Waals surface area contributed by atoms with E-state index in [2.05, 4.69) is 81.4 Å². The molecule has 142 valence electrons. The monoisotopic (exact) mass is 474 g/mol. The van der Waals surface area contributed by atoms with Gasteiger partial charge in [-0.05, 0) is 0 Å². The number of unbranched alkanes of at least 4 members (excludes halogenated alkanes) is 3. The van der Waals surface area contributed by atoms with Crippen LogP contribution in [0.4, 0.5) is 0 Å². The molecular weight excluding hydrogens is 435 g/mol. The Hall–Kier alpha value is -0.544. The molecule has 26 heavy (non-hydrogen) atoms. The molecule has 0 atom stereocenters. The number of rotatable bonds is 11. The Bertz CT molecular complexity index is 470. The van der Waals surface area contributed by atoms with Crippen LogP contribution in [0.15, 0.2) is 60.7 Å². The maximum atomic E-state index is 2.33. The van der Waals surface area contributed by atoms with Gasteiger partial charge >= 0.3 is 92.4 Å². The first kappa shape index (κ1) is 23.5. The second-order valence-electron chi connectivity index (χ2n) is 7.03. The van der Waals surface area contributed by atoms with Crippen molar-refractivity contribution in [3.05, 3.63) is 60.7 Å². The zero-order valence-corrected chi connectivity index (χ0v) is 21.2. The van der Waals surface area contributed by atoms with Crippen molar-refractivity contribution in [2.24, 2.45) is 0 Å². The minimum atomic E-state index is -0.839. The van der Waals surface area contributed by atoms with Gasteiger partial charge in [-0.2, -0.15) is 0 Å². The van der Waals surface area contributed by atoms with Crippen LogP contribution < -0.4 is 10.4 Å². The predicted molar refractivity (Wildman–Crippen MR) is 124 cm³/mol. The van der Waals surface area contributed by atoms with Crippen molar-refractivity contribution in [2.75, 3.05) is 0 Å². The summed E-state index contributed by atoms with van der Waals surface area (Å²) in [6.07, 6.45) is 8.85. The first-order chi connectivity index (χ1) is 12.8. The van der Waals surface area contributed by atoms with E-state index in [0.29, 0.717) is 0 Å².